The number of hydrogen-bond donors (Lipinski definition) is 2. The molecule has 0 heterocycles. The quantitative estimate of drug-likeness (QED) is 0.642. The van der Waals surface area contributed by atoms with Gasteiger partial charge in [-0.2, -0.15) is 5.26 Å². The zero-order valence-electron chi connectivity index (χ0n) is 14.9. The highest BCUT2D eigenvalue weighted by Gasteiger charge is 2.19. The van der Waals surface area contributed by atoms with Crippen molar-refractivity contribution in [2.24, 2.45) is 0 Å². The molecule has 128 valence electrons. The molecule has 1 aliphatic rings. The lowest BCUT2D eigenvalue weighted by Crippen LogP contribution is -2.37. The van der Waals surface area contributed by atoms with Gasteiger partial charge in [-0.15, -0.1) is 0 Å². The Balaban J connectivity index is 2.08. The van der Waals surface area contributed by atoms with Crippen LogP contribution in [0.15, 0.2) is 36.0 Å². The summed E-state index contributed by atoms with van der Waals surface area (Å²) >= 11 is 0. The Morgan fingerprint density at radius 1 is 1.21 bits per heavy atom. The van der Waals surface area contributed by atoms with E-state index in [0.717, 1.165) is 36.9 Å². The van der Waals surface area contributed by atoms with Gasteiger partial charge in [0.25, 0.3) is 5.91 Å². The summed E-state index contributed by atoms with van der Waals surface area (Å²) in [5.74, 6) is -0.287. The van der Waals surface area contributed by atoms with Crippen molar-refractivity contribution in [2.45, 2.75) is 64.3 Å². The van der Waals surface area contributed by atoms with E-state index in [-0.39, 0.29) is 22.9 Å². The minimum absolute atomic E-state index is 0.0192. The van der Waals surface area contributed by atoms with E-state index < -0.39 is 0 Å². The van der Waals surface area contributed by atoms with Gasteiger partial charge >= 0.3 is 0 Å². The number of carbonyl (C=O) groups is 1. The summed E-state index contributed by atoms with van der Waals surface area (Å²) in [6, 6.07) is 10.2. The highest BCUT2D eigenvalue weighted by molar-refractivity contribution is 5.97. The predicted octanol–water partition coefficient (Wildman–Crippen LogP) is 4.25. The molecule has 0 unspecified atom stereocenters. The highest BCUT2D eigenvalue weighted by atomic mass is 16.1. The van der Waals surface area contributed by atoms with Gasteiger partial charge in [0, 0.05) is 17.9 Å². The second-order valence-electron chi connectivity index (χ2n) is 7.42. The van der Waals surface area contributed by atoms with Crippen LogP contribution in [0.2, 0.25) is 0 Å². The first-order chi connectivity index (χ1) is 11.4. The minimum atomic E-state index is -0.287. The Morgan fingerprint density at radius 2 is 1.88 bits per heavy atom. The lowest BCUT2D eigenvalue weighted by molar-refractivity contribution is -0.118. The molecule has 0 radical (unpaired) electrons. The summed E-state index contributed by atoms with van der Waals surface area (Å²) in [4.78, 5) is 12.3. The van der Waals surface area contributed by atoms with E-state index in [2.05, 4.69) is 37.5 Å². The summed E-state index contributed by atoms with van der Waals surface area (Å²) < 4.78 is 0. The van der Waals surface area contributed by atoms with Crippen LogP contribution >= 0.6 is 0 Å². The number of benzene rings is 1. The first kappa shape index (κ1) is 18.1. The van der Waals surface area contributed by atoms with Gasteiger partial charge < -0.3 is 10.6 Å². The van der Waals surface area contributed by atoms with Gasteiger partial charge in [-0.25, -0.2) is 0 Å². The van der Waals surface area contributed by atoms with Crippen molar-refractivity contribution in [3.05, 3.63) is 41.6 Å². The summed E-state index contributed by atoms with van der Waals surface area (Å²) in [7, 11) is 0. The van der Waals surface area contributed by atoms with Gasteiger partial charge in [0.1, 0.15) is 11.6 Å². The Hall–Kier alpha value is -2.28. The van der Waals surface area contributed by atoms with Crippen molar-refractivity contribution in [3.63, 3.8) is 0 Å². The number of anilines is 1. The molecule has 2 N–H and O–H groups in total. The van der Waals surface area contributed by atoms with Gasteiger partial charge in [0.15, 0.2) is 0 Å². The number of rotatable bonds is 4. The SMILES string of the molecule is CC(C)(C)c1ccccc1N/C=C(/C#N)C(=O)NC1CCCCC1. The fraction of sp³-hybridized carbons (Fsp3) is 0.500. The van der Waals surface area contributed by atoms with Gasteiger partial charge in [0.05, 0.1) is 0 Å². The fourth-order valence-electron chi connectivity index (χ4n) is 3.07. The standard InChI is InChI=1S/C20H27N3O/c1-20(2,3)17-11-7-8-12-18(17)22-14-15(13-21)19(24)23-16-9-5-4-6-10-16/h7-8,11-12,14,16,22H,4-6,9-10H2,1-3H3,(H,23,24)/b15-14-. The molecule has 0 bridgehead atoms. The molecule has 0 saturated heterocycles. The van der Waals surface area contributed by atoms with E-state index in [9.17, 15) is 10.1 Å². The third-order valence-electron chi connectivity index (χ3n) is 4.41. The van der Waals surface area contributed by atoms with Crippen molar-refractivity contribution < 1.29 is 4.79 Å². The lowest BCUT2D eigenvalue weighted by Gasteiger charge is -2.23. The molecule has 1 amide bonds. The number of para-hydroxylation sites is 1. The van der Waals surface area contributed by atoms with E-state index in [4.69, 9.17) is 0 Å². The largest absolute Gasteiger partial charge is 0.360 e. The smallest absolute Gasteiger partial charge is 0.263 e. The molecule has 0 spiro atoms. The molecule has 0 aromatic heterocycles. The van der Waals surface area contributed by atoms with Crippen LogP contribution in [0.25, 0.3) is 0 Å². The molecule has 1 aromatic carbocycles. The predicted molar refractivity (Wildman–Crippen MR) is 97.5 cm³/mol. The first-order valence-electron chi connectivity index (χ1n) is 8.69. The maximum absolute atomic E-state index is 12.3. The van der Waals surface area contributed by atoms with Gasteiger partial charge in [-0.05, 0) is 29.9 Å². The molecule has 4 nitrogen and oxygen atoms in total. The number of nitrogens with zero attached hydrogens (tertiary/aromatic N) is 1. The Kier molecular flexibility index (Phi) is 6.03. The van der Waals surface area contributed by atoms with E-state index in [1.54, 1.807) is 0 Å². The molecule has 1 aliphatic carbocycles. The Bertz CT molecular complexity index is 644. The molecule has 2 rings (SSSR count). The Labute approximate surface area is 144 Å². The van der Waals surface area contributed by atoms with E-state index >= 15 is 0 Å². The van der Waals surface area contributed by atoms with Crippen LogP contribution in [-0.4, -0.2) is 11.9 Å². The zero-order valence-corrected chi connectivity index (χ0v) is 14.9. The van der Waals surface area contributed by atoms with Crippen LogP contribution in [0.3, 0.4) is 0 Å². The highest BCUT2D eigenvalue weighted by Crippen LogP contribution is 2.29. The van der Waals surface area contributed by atoms with Crippen molar-refractivity contribution >= 4 is 11.6 Å². The maximum atomic E-state index is 12.3. The van der Waals surface area contributed by atoms with Crippen molar-refractivity contribution in [1.82, 2.24) is 5.32 Å². The van der Waals surface area contributed by atoms with E-state index in [0.29, 0.717) is 0 Å². The van der Waals surface area contributed by atoms with Crippen LogP contribution in [0.1, 0.15) is 58.4 Å². The molecule has 1 fully saturated rings. The molecular weight excluding hydrogens is 298 g/mol. The van der Waals surface area contributed by atoms with Crippen LogP contribution in [-0.2, 0) is 10.2 Å². The lowest BCUT2D eigenvalue weighted by atomic mass is 9.86. The number of nitrogens with one attached hydrogen (secondary N) is 2. The van der Waals surface area contributed by atoms with E-state index in [1.165, 1.54) is 12.6 Å². The molecule has 1 aromatic rings. The first-order valence-corrected chi connectivity index (χ1v) is 8.69. The number of amides is 1. The molecular formula is C20H27N3O. The Morgan fingerprint density at radius 3 is 2.50 bits per heavy atom. The van der Waals surface area contributed by atoms with Crippen LogP contribution in [0.4, 0.5) is 5.69 Å². The molecule has 24 heavy (non-hydrogen) atoms. The fourth-order valence-corrected chi connectivity index (χ4v) is 3.07. The molecule has 4 heteroatoms. The second-order valence-corrected chi connectivity index (χ2v) is 7.42. The number of carbonyl (C=O) groups excluding carboxylic acids is 1. The van der Waals surface area contributed by atoms with Crippen molar-refractivity contribution in [2.75, 3.05) is 5.32 Å². The maximum Gasteiger partial charge on any atom is 0.263 e. The summed E-state index contributed by atoms with van der Waals surface area (Å²) in [5.41, 5.74) is 2.16. The van der Waals surface area contributed by atoms with Crippen molar-refractivity contribution in [3.8, 4) is 6.07 Å². The van der Waals surface area contributed by atoms with Crippen LogP contribution < -0.4 is 10.6 Å². The average molecular weight is 325 g/mol. The van der Waals surface area contributed by atoms with Gasteiger partial charge in [-0.3, -0.25) is 4.79 Å². The third-order valence-corrected chi connectivity index (χ3v) is 4.41. The minimum Gasteiger partial charge on any atom is -0.360 e. The van der Waals surface area contributed by atoms with Crippen LogP contribution in [0.5, 0.6) is 0 Å². The van der Waals surface area contributed by atoms with Gasteiger partial charge in [-0.1, -0.05) is 58.2 Å². The van der Waals surface area contributed by atoms with Gasteiger partial charge in [0.2, 0.25) is 0 Å². The third kappa shape index (κ3) is 4.86. The monoisotopic (exact) mass is 325 g/mol. The van der Waals surface area contributed by atoms with E-state index in [1.807, 2.05) is 24.3 Å². The second kappa shape index (κ2) is 8.01. The summed E-state index contributed by atoms with van der Waals surface area (Å²) in [6.07, 6.45) is 7.05. The topological polar surface area (TPSA) is 64.9 Å². The van der Waals surface area contributed by atoms with Crippen LogP contribution in [0, 0.1) is 11.3 Å². The average Bonchev–Trinajstić information content (AvgIpc) is 2.56. The number of hydrogen-bond acceptors (Lipinski definition) is 3. The molecule has 0 atom stereocenters. The zero-order chi connectivity index (χ0) is 17.6. The molecule has 1 saturated carbocycles. The summed E-state index contributed by atoms with van der Waals surface area (Å²) in [6.45, 7) is 6.41. The molecule has 0 aliphatic heterocycles. The number of nitriles is 1. The summed E-state index contributed by atoms with van der Waals surface area (Å²) in [5, 5.41) is 15.4. The normalized spacial score (nSPS) is 16.3. The van der Waals surface area contributed by atoms with Crippen molar-refractivity contribution in [1.29, 1.82) is 5.26 Å².